The number of hydrogen-bond acceptors (Lipinski definition) is 1. The summed E-state index contributed by atoms with van der Waals surface area (Å²) in [6.07, 6.45) is 0. The van der Waals surface area contributed by atoms with Crippen LogP contribution in [0.4, 0.5) is 4.39 Å². The number of hydrogen-bond donors (Lipinski definition) is 1. The fraction of sp³-hybridized carbons (Fsp3) is 0.500. The van der Waals surface area contributed by atoms with Gasteiger partial charge in [-0.3, -0.25) is 0 Å². The molecule has 0 heterocycles. The second-order valence-corrected chi connectivity index (χ2v) is 4.10. The number of benzene rings is 1. The Kier molecular flexibility index (Phi) is 4.08. The Morgan fingerprint density at radius 1 is 1.36 bits per heavy atom. The Morgan fingerprint density at radius 3 is 2.64 bits per heavy atom. The third-order valence-electron chi connectivity index (χ3n) is 2.17. The Morgan fingerprint density at radius 2 is 2.07 bits per heavy atom. The van der Waals surface area contributed by atoms with Crippen LogP contribution in [0.15, 0.2) is 18.2 Å². The molecule has 0 atom stereocenters. The predicted molar refractivity (Wildman–Crippen MR) is 57.7 cm³/mol. The lowest BCUT2D eigenvalue weighted by molar-refractivity contribution is 0.550. The Balaban J connectivity index is 2.51. The molecule has 0 saturated carbocycles. The summed E-state index contributed by atoms with van der Waals surface area (Å²) in [6.45, 7) is 8.10. The third kappa shape index (κ3) is 3.46. The minimum atomic E-state index is -0.157. The van der Waals surface area contributed by atoms with Gasteiger partial charge in [-0.1, -0.05) is 19.9 Å². The first-order chi connectivity index (χ1) is 6.59. The first kappa shape index (κ1) is 11.2. The molecular formula is C12H18FN. The largest absolute Gasteiger partial charge is 0.312 e. The lowest BCUT2D eigenvalue weighted by Crippen LogP contribution is -2.19. The molecule has 1 aromatic rings. The van der Waals surface area contributed by atoms with Crippen LogP contribution in [0, 0.1) is 18.7 Å². The number of halogens is 1. The van der Waals surface area contributed by atoms with Crippen LogP contribution in [0.25, 0.3) is 0 Å². The quantitative estimate of drug-likeness (QED) is 0.779. The molecule has 0 unspecified atom stereocenters. The molecule has 0 aromatic heterocycles. The summed E-state index contributed by atoms with van der Waals surface area (Å²) in [6, 6.07) is 4.93. The van der Waals surface area contributed by atoms with Crippen LogP contribution in [0.1, 0.15) is 25.0 Å². The lowest BCUT2D eigenvalue weighted by atomic mass is 10.1. The van der Waals surface area contributed by atoms with Gasteiger partial charge in [-0.2, -0.15) is 0 Å². The van der Waals surface area contributed by atoms with E-state index in [0.29, 0.717) is 5.92 Å². The minimum Gasteiger partial charge on any atom is -0.312 e. The van der Waals surface area contributed by atoms with Crippen LogP contribution in [0.2, 0.25) is 0 Å². The molecule has 1 aromatic carbocycles. The van der Waals surface area contributed by atoms with Crippen molar-refractivity contribution in [2.75, 3.05) is 6.54 Å². The van der Waals surface area contributed by atoms with E-state index in [9.17, 15) is 4.39 Å². The summed E-state index contributed by atoms with van der Waals surface area (Å²) in [4.78, 5) is 0. The van der Waals surface area contributed by atoms with E-state index in [-0.39, 0.29) is 5.82 Å². The predicted octanol–water partition coefficient (Wildman–Crippen LogP) is 2.88. The molecule has 0 spiro atoms. The van der Waals surface area contributed by atoms with Crippen molar-refractivity contribution in [3.8, 4) is 0 Å². The molecule has 0 saturated heterocycles. The Labute approximate surface area is 85.3 Å². The van der Waals surface area contributed by atoms with Crippen LogP contribution in [-0.2, 0) is 6.54 Å². The van der Waals surface area contributed by atoms with Crippen molar-refractivity contribution < 1.29 is 4.39 Å². The van der Waals surface area contributed by atoms with Gasteiger partial charge in [-0.05, 0) is 42.6 Å². The van der Waals surface area contributed by atoms with E-state index in [2.05, 4.69) is 19.2 Å². The van der Waals surface area contributed by atoms with Gasteiger partial charge in [0.1, 0.15) is 5.82 Å². The summed E-state index contributed by atoms with van der Waals surface area (Å²) in [5.41, 5.74) is 2.19. The van der Waals surface area contributed by atoms with Crippen LogP contribution >= 0.6 is 0 Å². The highest BCUT2D eigenvalue weighted by atomic mass is 19.1. The number of rotatable bonds is 4. The van der Waals surface area contributed by atoms with Gasteiger partial charge in [0.2, 0.25) is 0 Å². The maximum atomic E-state index is 12.8. The van der Waals surface area contributed by atoms with Crippen LogP contribution in [0.5, 0.6) is 0 Å². The van der Waals surface area contributed by atoms with Gasteiger partial charge in [0.15, 0.2) is 0 Å². The van der Waals surface area contributed by atoms with E-state index in [1.54, 1.807) is 6.07 Å². The van der Waals surface area contributed by atoms with E-state index in [0.717, 1.165) is 18.7 Å². The molecule has 0 radical (unpaired) electrons. The first-order valence-corrected chi connectivity index (χ1v) is 5.05. The van der Waals surface area contributed by atoms with Crippen molar-refractivity contribution in [2.24, 2.45) is 5.92 Å². The van der Waals surface area contributed by atoms with Crippen LogP contribution in [0.3, 0.4) is 0 Å². The highest BCUT2D eigenvalue weighted by molar-refractivity contribution is 5.26. The molecule has 1 N–H and O–H groups in total. The van der Waals surface area contributed by atoms with E-state index >= 15 is 0 Å². The van der Waals surface area contributed by atoms with Crippen LogP contribution in [-0.4, -0.2) is 6.54 Å². The highest BCUT2D eigenvalue weighted by Crippen LogP contribution is 2.09. The highest BCUT2D eigenvalue weighted by Gasteiger charge is 2.00. The van der Waals surface area contributed by atoms with Crippen molar-refractivity contribution in [2.45, 2.75) is 27.3 Å². The standard InChI is InChI=1S/C12H18FN/c1-9(2)7-14-8-11-4-5-12(13)6-10(11)3/h4-6,9,14H,7-8H2,1-3H3. The zero-order valence-corrected chi connectivity index (χ0v) is 9.10. The van der Waals surface area contributed by atoms with Gasteiger partial charge in [-0.25, -0.2) is 4.39 Å². The molecule has 0 amide bonds. The smallest absolute Gasteiger partial charge is 0.123 e. The van der Waals surface area contributed by atoms with Gasteiger partial charge in [0.25, 0.3) is 0 Å². The van der Waals surface area contributed by atoms with Gasteiger partial charge >= 0.3 is 0 Å². The summed E-state index contributed by atoms with van der Waals surface area (Å²) in [7, 11) is 0. The van der Waals surface area contributed by atoms with Gasteiger partial charge < -0.3 is 5.32 Å². The summed E-state index contributed by atoms with van der Waals surface area (Å²) >= 11 is 0. The summed E-state index contributed by atoms with van der Waals surface area (Å²) in [5.74, 6) is 0.492. The molecular weight excluding hydrogens is 177 g/mol. The number of aryl methyl sites for hydroxylation is 1. The average Bonchev–Trinajstić information content (AvgIpc) is 2.08. The van der Waals surface area contributed by atoms with E-state index in [1.165, 1.54) is 11.6 Å². The first-order valence-electron chi connectivity index (χ1n) is 5.05. The van der Waals surface area contributed by atoms with Gasteiger partial charge in [0, 0.05) is 6.54 Å². The molecule has 1 nitrogen and oxygen atoms in total. The van der Waals surface area contributed by atoms with Crippen molar-refractivity contribution in [3.63, 3.8) is 0 Å². The van der Waals surface area contributed by atoms with E-state index in [4.69, 9.17) is 0 Å². The fourth-order valence-electron chi connectivity index (χ4n) is 1.35. The van der Waals surface area contributed by atoms with Crippen molar-refractivity contribution in [1.82, 2.24) is 5.32 Å². The third-order valence-corrected chi connectivity index (χ3v) is 2.17. The number of nitrogens with one attached hydrogen (secondary N) is 1. The second-order valence-electron chi connectivity index (χ2n) is 4.10. The Bertz CT molecular complexity index is 294. The van der Waals surface area contributed by atoms with E-state index in [1.807, 2.05) is 13.0 Å². The maximum Gasteiger partial charge on any atom is 0.123 e. The van der Waals surface area contributed by atoms with E-state index < -0.39 is 0 Å². The normalized spacial score (nSPS) is 10.9. The van der Waals surface area contributed by atoms with Crippen molar-refractivity contribution >= 4 is 0 Å². The molecule has 14 heavy (non-hydrogen) atoms. The van der Waals surface area contributed by atoms with Gasteiger partial charge in [-0.15, -0.1) is 0 Å². The molecule has 78 valence electrons. The second kappa shape index (κ2) is 5.11. The summed E-state index contributed by atoms with van der Waals surface area (Å²) in [5, 5.41) is 3.34. The lowest BCUT2D eigenvalue weighted by Gasteiger charge is -2.09. The molecule has 0 bridgehead atoms. The SMILES string of the molecule is Cc1cc(F)ccc1CNCC(C)C. The average molecular weight is 195 g/mol. The molecule has 2 heteroatoms. The minimum absolute atomic E-state index is 0.157. The van der Waals surface area contributed by atoms with Crippen molar-refractivity contribution in [1.29, 1.82) is 0 Å². The molecule has 1 rings (SSSR count). The molecule has 0 aliphatic heterocycles. The molecule has 0 aliphatic rings. The zero-order chi connectivity index (χ0) is 10.6. The Hall–Kier alpha value is -0.890. The van der Waals surface area contributed by atoms with Crippen molar-refractivity contribution in [3.05, 3.63) is 35.1 Å². The molecule has 0 fully saturated rings. The van der Waals surface area contributed by atoms with Gasteiger partial charge in [0.05, 0.1) is 0 Å². The molecule has 0 aliphatic carbocycles. The maximum absolute atomic E-state index is 12.8. The topological polar surface area (TPSA) is 12.0 Å². The zero-order valence-electron chi connectivity index (χ0n) is 9.10. The fourth-order valence-corrected chi connectivity index (χ4v) is 1.35. The summed E-state index contributed by atoms with van der Waals surface area (Å²) < 4.78 is 12.8. The van der Waals surface area contributed by atoms with Crippen LogP contribution < -0.4 is 5.32 Å². The monoisotopic (exact) mass is 195 g/mol.